The summed E-state index contributed by atoms with van der Waals surface area (Å²) in [5.74, 6) is 0.254. The average Bonchev–Trinajstić information content (AvgIpc) is 2.72. The van der Waals surface area contributed by atoms with E-state index in [2.05, 4.69) is 17.1 Å². The van der Waals surface area contributed by atoms with E-state index in [9.17, 15) is 14.7 Å². The minimum Gasteiger partial charge on any atom is -0.390 e. The molecule has 0 bridgehead atoms. The zero-order chi connectivity index (χ0) is 18.2. The smallest absolute Gasteiger partial charge is 0.224 e. The van der Waals surface area contributed by atoms with Crippen LogP contribution in [0.15, 0.2) is 0 Å². The predicted molar refractivity (Wildman–Crippen MR) is 97.5 cm³/mol. The second-order valence-electron chi connectivity index (χ2n) is 7.76. The van der Waals surface area contributed by atoms with Crippen molar-refractivity contribution in [1.29, 1.82) is 0 Å². The van der Waals surface area contributed by atoms with E-state index >= 15 is 0 Å². The molecular weight excluding hydrogens is 318 g/mol. The van der Waals surface area contributed by atoms with E-state index in [1.807, 2.05) is 0 Å². The molecule has 1 radical (unpaired) electrons. The van der Waals surface area contributed by atoms with Gasteiger partial charge < -0.3 is 16.2 Å². The fourth-order valence-electron chi connectivity index (χ4n) is 4.02. The van der Waals surface area contributed by atoms with Crippen LogP contribution in [0.2, 0.25) is 0 Å². The van der Waals surface area contributed by atoms with Gasteiger partial charge in [0.25, 0.3) is 0 Å². The normalized spacial score (nSPS) is 29.1. The van der Waals surface area contributed by atoms with Crippen LogP contribution in [0.3, 0.4) is 0 Å². The topological polar surface area (TPSA) is 95.7 Å². The zero-order valence-corrected chi connectivity index (χ0v) is 15.5. The Morgan fingerprint density at radius 2 is 1.92 bits per heavy atom. The number of amides is 2. The fourth-order valence-corrected chi connectivity index (χ4v) is 4.02. The van der Waals surface area contributed by atoms with Crippen LogP contribution in [0, 0.1) is 12.3 Å². The summed E-state index contributed by atoms with van der Waals surface area (Å²) in [6.07, 6.45) is 10.2. The van der Waals surface area contributed by atoms with Crippen LogP contribution in [-0.4, -0.2) is 53.1 Å². The quantitative estimate of drug-likeness (QED) is 0.645. The van der Waals surface area contributed by atoms with E-state index in [-0.39, 0.29) is 23.9 Å². The molecule has 0 spiro atoms. The third-order valence-electron chi connectivity index (χ3n) is 5.74. The summed E-state index contributed by atoms with van der Waals surface area (Å²) in [4.78, 5) is 25.3. The number of aliphatic hydroxyl groups excluding tert-OH is 1. The summed E-state index contributed by atoms with van der Waals surface area (Å²) in [5, 5.41) is 13.5. The Morgan fingerprint density at radius 1 is 1.20 bits per heavy atom. The van der Waals surface area contributed by atoms with E-state index in [1.165, 1.54) is 32.1 Å². The number of β-amino-alcohol motifs (C(OH)–C–C–N with tert-alkyl or cyclic N) is 1. The Balaban J connectivity index is 1.76. The van der Waals surface area contributed by atoms with Crippen molar-refractivity contribution in [1.82, 2.24) is 10.2 Å². The van der Waals surface area contributed by atoms with Crippen molar-refractivity contribution in [2.24, 2.45) is 11.7 Å². The molecule has 1 saturated heterocycles. The lowest BCUT2D eigenvalue weighted by Crippen LogP contribution is -2.47. The minimum atomic E-state index is -0.621. The van der Waals surface area contributed by atoms with Crippen molar-refractivity contribution in [2.75, 3.05) is 13.1 Å². The Labute approximate surface area is 151 Å². The van der Waals surface area contributed by atoms with Gasteiger partial charge in [0.05, 0.1) is 12.1 Å². The largest absolute Gasteiger partial charge is 0.390 e. The summed E-state index contributed by atoms with van der Waals surface area (Å²) in [7, 11) is 0. The minimum absolute atomic E-state index is 0.0622. The summed E-state index contributed by atoms with van der Waals surface area (Å²) in [5.41, 5.74) is 5.23. The molecule has 0 aromatic heterocycles. The van der Waals surface area contributed by atoms with Crippen molar-refractivity contribution < 1.29 is 14.7 Å². The van der Waals surface area contributed by atoms with Crippen molar-refractivity contribution in [3.63, 3.8) is 0 Å². The maximum absolute atomic E-state index is 12.2. The molecule has 0 aromatic carbocycles. The van der Waals surface area contributed by atoms with Crippen molar-refractivity contribution in [3.05, 3.63) is 6.42 Å². The van der Waals surface area contributed by atoms with Gasteiger partial charge >= 0.3 is 0 Å². The second kappa shape index (κ2) is 10.1. The molecule has 3 atom stereocenters. The van der Waals surface area contributed by atoms with Crippen molar-refractivity contribution in [3.8, 4) is 0 Å². The molecule has 143 valence electrons. The standard InChI is InChI=1S/C19H34N3O3/c1-14-7-9-16(17(23)13-22(14)12-11-18(20)24)21-19(25)10-8-15-5-3-2-4-6-15/h10,14-17,23H,2-9,11-13H2,1H3,(H2,20,24)(H,21,25)/t14-,16+,17+/m1/s1. The third-order valence-corrected chi connectivity index (χ3v) is 5.74. The number of rotatable bonds is 7. The molecule has 6 heteroatoms. The van der Waals surface area contributed by atoms with Crippen LogP contribution in [-0.2, 0) is 9.59 Å². The Bertz CT molecular complexity index is 438. The lowest BCUT2D eigenvalue weighted by atomic mass is 9.86. The van der Waals surface area contributed by atoms with Crippen LogP contribution in [0.4, 0.5) is 0 Å². The molecule has 6 nitrogen and oxygen atoms in total. The first-order valence-electron chi connectivity index (χ1n) is 9.80. The summed E-state index contributed by atoms with van der Waals surface area (Å²) >= 11 is 0. The number of nitrogens with zero attached hydrogens (tertiary/aromatic N) is 1. The molecule has 1 aliphatic carbocycles. The molecule has 2 amide bonds. The maximum atomic E-state index is 12.2. The number of carbonyl (C=O) groups excluding carboxylic acids is 2. The molecule has 2 fully saturated rings. The van der Waals surface area contributed by atoms with Crippen LogP contribution in [0.1, 0.15) is 64.7 Å². The fraction of sp³-hybridized carbons (Fsp3) is 0.842. The van der Waals surface area contributed by atoms with Crippen LogP contribution >= 0.6 is 0 Å². The maximum Gasteiger partial charge on any atom is 0.224 e. The molecule has 4 N–H and O–H groups in total. The Hall–Kier alpha value is -1.14. The lowest BCUT2D eigenvalue weighted by molar-refractivity contribution is -0.119. The van der Waals surface area contributed by atoms with E-state index in [1.54, 1.807) is 6.42 Å². The molecule has 0 unspecified atom stereocenters. The van der Waals surface area contributed by atoms with E-state index < -0.39 is 6.10 Å². The molecule has 1 aliphatic heterocycles. The molecule has 2 rings (SSSR count). The van der Waals surface area contributed by atoms with Gasteiger partial charge in [-0.1, -0.05) is 32.1 Å². The second-order valence-corrected chi connectivity index (χ2v) is 7.76. The Morgan fingerprint density at radius 3 is 2.60 bits per heavy atom. The number of carbonyl (C=O) groups is 2. The van der Waals surface area contributed by atoms with Gasteiger partial charge in [0, 0.05) is 32.0 Å². The summed E-state index contributed by atoms with van der Waals surface area (Å²) in [6, 6.07) is 0.0401. The van der Waals surface area contributed by atoms with E-state index in [4.69, 9.17) is 5.73 Å². The van der Waals surface area contributed by atoms with Gasteiger partial charge in [-0.25, -0.2) is 0 Å². The van der Waals surface area contributed by atoms with E-state index in [0.29, 0.717) is 25.4 Å². The monoisotopic (exact) mass is 352 g/mol. The zero-order valence-electron chi connectivity index (χ0n) is 15.5. The van der Waals surface area contributed by atoms with Crippen LogP contribution in [0.25, 0.3) is 0 Å². The summed E-state index contributed by atoms with van der Waals surface area (Å²) in [6.45, 7) is 3.11. The van der Waals surface area contributed by atoms with Crippen LogP contribution in [0.5, 0.6) is 0 Å². The van der Waals surface area contributed by atoms with Gasteiger partial charge in [-0.05, 0) is 32.1 Å². The number of hydrogen-bond donors (Lipinski definition) is 3. The highest BCUT2D eigenvalue weighted by molar-refractivity contribution is 5.84. The first kappa shape index (κ1) is 20.2. The van der Waals surface area contributed by atoms with E-state index in [0.717, 1.165) is 19.3 Å². The average molecular weight is 352 g/mol. The lowest BCUT2D eigenvalue weighted by Gasteiger charge is -2.28. The number of nitrogens with two attached hydrogens (primary N) is 1. The molecule has 2 aliphatic rings. The van der Waals surface area contributed by atoms with Gasteiger partial charge in [0.2, 0.25) is 11.8 Å². The predicted octanol–water partition coefficient (Wildman–Crippen LogP) is 1.37. The van der Waals surface area contributed by atoms with Gasteiger partial charge in [0.1, 0.15) is 0 Å². The van der Waals surface area contributed by atoms with Gasteiger partial charge in [-0.15, -0.1) is 0 Å². The molecule has 1 saturated carbocycles. The van der Waals surface area contributed by atoms with Gasteiger partial charge in [-0.2, -0.15) is 0 Å². The number of hydrogen-bond acceptors (Lipinski definition) is 4. The number of primary amides is 1. The van der Waals surface area contributed by atoms with Gasteiger partial charge in [-0.3, -0.25) is 14.5 Å². The highest BCUT2D eigenvalue weighted by Crippen LogP contribution is 2.27. The highest BCUT2D eigenvalue weighted by atomic mass is 16.3. The van der Waals surface area contributed by atoms with Crippen molar-refractivity contribution in [2.45, 2.75) is 82.9 Å². The first-order valence-corrected chi connectivity index (χ1v) is 9.80. The number of nitrogens with one attached hydrogen (secondary N) is 1. The summed E-state index contributed by atoms with van der Waals surface area (Å²) < 4.78 is 0. The molecule has 0 aromatic rings. The molecule has 25 heavy (non-hydrogen) atoms. The van der Waals surface area contributed by atoms with Crippen molar-refractivity contribution >= 4 is 11.8 Å². The van der Waals surface area contributed by atoms with Gasteiger partial charge in [0.15, 0.2) is 0 Å². The highest BCUT2D eigenvalue weighted by Gasteiger charge is 2.30. The Kier molecular flexibility index (Phi) is 8.16. The number of aliphatic hydroxyl groups is 1. The number of likely N-dealkylation sites (tertiary alicyclic amines) is 1. The van der Waals surface area contributed by atoms with Crippen LogP contribution < -0.4 is 11.1 Å². The molecular formula is C19H34N3O3. The molecule has 1 heterocycles. The first-order chi connectivity index (χ1) is 12.0. The third kappa shape index (κ3) is 6.94. The SMILES string of the molecule is C[C@@H]1CC[C@H](NC(=O)[CH]CC2CCCCC2)[C@@H](O)CN1CCC(N)=O.